The van der Waals surface area contributed by atoms with Gasteiger partial charge in [0, 0.05) is 31.3 Å². The summed E-state index contributed by atoms with van der Waals surface area (Å²) in [7, 11) is 0. The lowest BCUT2D eigenvalue weighted by atomic mass is 10.0. The number of aliphatic hydroxyl groups is 1. The van der Waals surface area contributed by atoms with Crippen molar-refractivity contribution in [2.24, 2.45) is 5.92 Å². The molecule has 2 heterocycles. The van der Waals surface area contributed by atoms with Crippen LogP contribution in [0.1, 0.15) is 25.0 Å². The van der Waals surface area contributed by atoms with Crippen molar-refractivity contribution in [3.8, 4) is 17.7 Å². The highest BCUT2D eigenvalue weighted by atomic mass is 16.5. The average Bonchev–Trinajstić information content (AvgIpc) is 2.48. The fourth-order valence-corrected chi connectivity index (χ4v) is 1.98. The Morgan fingerprint density at radius 3 is 3.11 bits per heavy atom. The molecule has 0 aromatic carbocycles. The molecular formula is C14H19N3O2. The van der Waals surface area contributed by atoms with Crippen LogP contribution in [-0.2, 0) is 0 Å². The van der Waals surface area contributed by atoms with Gasteiger partial charge in [-0.1, -0.05) is 5.92 Å². The minimum atomic E-state index is 0.0528. The summed E-state index contributed by atoms with van der Waals surface area (Å²) in [5, 5.41) is 12.1. The number of aliphatic hydroxyl groups excluding tert-OH is 1. The van der Waals surface area contributed by atoms with E-state index in [2.05, 4.69) is 27.1 Å². The second kappa shape index (κ2) is 7.72. The predicted octanol–water partition coefficient (Wildman–Crippen LogP) is 0.589. The molecule has 0 aliphatic carbocycles. The molecule has 1 aromatic rings. The molecule has 2 rings (SSSR count). The van der Waals surface area contributed by atoms with Gasteiger partial charge >= 0.3 is 0 Å². The Morgan fingerprint density at radius 1 is 1.42 bits per heavy atom. The average molecular weight is 261 g/mol. The molecule has 1 unspecified atom stereocenters. The van der Waals surface area contributed by atoms with Gasteiger partial charge in [-0.2, -0.15) is 0 Å². The van der Waals surface area contributed by atoms with Crippen LogP contribution in [0.2, 0.25) is 0 Å². The molecule has 1 aliphatic rings. The molecule has 102 valence electrons. The first-order valence-corrected chi connectivity index (χ1v) is 6.64. The molecule has 1 aliphatic heterocycles. The fraction of sp³-hybridized carbons (Fsp3) is 0.571. The summed E-state index contributed by atoms with van der Waals surface area (Å²) in [6.07, 6.45) is 6.00. The number of rotatable bonds is 4. The summed E-state index contributed by atoms with van der Waals surface area (Å²) in [6.45, 7) is 2.78. The van der Waals surface area contributed by atoms with Crippen molar-refractivity contribution >= 4 is 0 Å². The molecule has 0 spiro atoms. The minimum Gasteiger partial charge on any atom is -0.475 e. The Labute approximate surface area is 113 Å². The van der Waals surface area contributed by atoms with Gasteiger partial charge in [0.2, 0.25) is 5.88 Å². The first-order chi connectivity index (χ1) is 9.40. The van der Waals surface area contributed by atoms with Crippen molar-refractivity contribution in [2.45, 2.75) is 19.3 Å². The van der Waals surface area contributed by atoms with Crippen LogP contribution in [0.5, 0.6) is 5.88 Å². The Morgan fingerprint density at radius 2 is 2.32 bits per heavy atom. The van der Waals surface area contributed by atoms with Gasteiger partial charge in [-0.25, -0.2) is 9.97 Å². The molecule has 1 aromatic heterocycles. The molecule has 0 radical (unpaired) electrons. The zero-order chi connectivity index (χ0) is 13.3. The van der Waals surface area contributed by atoms with E-state index in [9.17, 15) is 0 Å². The number of hydrogen-bond donors (Lipinski definition) is 2. The molecule has 5 heteroatoms. The van der Waals surface area contributed by atoms with E-state index >= 15 is 0 Å². The third-order valence-corrected chi connectivity index (χ3v) is 2.96. The van der Waals surface area contributed by atoms with E-state index in [1.165, 1.54) is 12.8 Å². The number of nitrogens with zero attached hydrogens (tertiary/aromatic N) is 2. The number of hydrogen-bond acceptors (Lipinski definition) is 5. The van der Waals surface area contributed by atoms with Gasteiger partial charge in [0.05, 0.1) is 13.2 Å². The molecule has 19 heavy (non-hydrogen) atoms. The highest BCUT2D eigenvalue weighted by Gasteiger charge is 2.14. The number of ether oxygens (including phenoxy) is 1. The fourth-order valence-electron chi connectivity index (χ4n) is 1.98. The largest absolute Gasteiger partial charge is 0.475 e. The van der Waals surface area contributed by atoms with Gasteiger partial charge in [-0.05, 0) is 25.3 Å². The smallest absolute Gasteiger partial charge is 0.248 e. The normalized spacial score (nSPS) is 18.5. The van der Waals surface area contributed by atoms with Gasteiger partial charge in [-0.3, -0.25) is 0 Å². The van der Waals surface area contributed by atoms with Crippen LogP contribution in [0.4, 0.5) is 0 Å². The second-order valence-electron chi connectivity index (χ2n) is 4.51. The van der Waals surface area contributed by atoms with Crippen LogP contribution in [0, 0.1) is 17.8 Å². The highest BCUT2D eigenvalue weighted by Crippen LogP contribution is 2.15. The SMILES string of the molecule is OCCC#Cc1nccnc1OCC1CCCNC1. The van der Waals surface area contributed by atoms with Gasteiger partial charge in [0.15, 0.2) is 5.69 Å². The maximum absolute atomic E-state index is 8.71. The molecule has 1 fully saturated rings. The van der Waals surface area contributed by atoms with Crippen LogP contribution in [0.3, 0.4) is 0 Å². The Hall–Kier alpha value is -1.64. The Bertz CT molecular complexity index is 447. The summed E-state index contributed by atoms with van der Waals surface area (Å²) in [4.78, 5) is 8.33. The second-order valence-corrected chi connectivity index (χ2v) is 4.51. The molecule has 0 saturated carbocycles. The molecular weight excluding hydrogens is 242 g/mol. The topological polar surface area (TPSA) is 67.3 Å². The standard InChI is InChI=1S/C14H19N3O2/c18-9-2-1-5-13-14(17-8-7-16-13)19-11-12-4-3-6-15-10-12/h7-8,12,15,18H,2-4,6,9-11H2. The summed E-state index contributed by atoms with van der Waals surface area (Å²) in [6, 6.07) is 0. The van der Waals surface area contributed by atoms with Crippen molar-refractivity contribution in [1.82, 2.24) is 15.3 Å². The van der Waals surface area contributed by atoms with Gasteiger partial charge in [0.25, 0.3) is 0 Å². The lowest BCUT2D eigenvalue weighted by molar-refractivity contribution is 0.211. The van der Waals surface area contributed by atoms with Crippen molar-refractivity contribution < 1.29 is 9.84 Å². The predicted molar refractivity (Wildman–Crippen MR) is 71.7 cm³/mol. The van der Waals surface area contributed by atoms with E-state index in [1.54, 1.807) is 12.4 Å². The first kappa shape index (κ1) is 13.8. The van der Waals surface area contributed by atoms with E-state index in [4.69, 9.17) is 9.84 Å². The molecule has 1 atom stereocenters. The number of piperidine rings is 1. The summed E-state index contributed by atoms with van der Waals surface area (Å²) in [5.41, 5.74) is 0.541. The molecule has 5 nitrogen and oxygen atoms in total. The van der Waals surface area contributed by atoms with Gasteiger partial charge in [-0.15, -0.1) is 0 Å². The zero-order valence-electron chi connectivity index (χ0n) is 10.9. The lowest BCUT2D eigenvalue weighted by Crippen LogP contribution is -2.33. The third kappa shape index (κ3) is 4.51. The third-order valence-electron chi connectivity index (χ3n) is 2.96. The zero-order valence-corrected chi connectivity index (χ0v) is 10.9. The minimum absolute atomic E-state index is 0.0528. The van der Waals surface area contributed by atoms with Gasteiger partial charge in [0.1, 0.15) is 0 Å². The van der Waals surface area contributed by atoms with Crippen LogP contribution in [0.25, 0.3) is 0 Å². The molecule has 1 saturated heterocycles. The maximum atomic E-state index is 8.71. The van der Waals surface area contributed by atoms with E-state index in [1.807, 2.05) is 0 Å². The van der Waals surface area contributed by atoms with E-state index in [0.29, 0.717) is 30.5 Å². The quantitative estimate of drug-likeness (QED) is 0.776. The summed E-state index contributed by atoms with van der Waals surface area (Å²) < 4.78 is 5.73. The number of nitrogens with one attached hydrogen (secondary N) is 1. The van der Waals surface area contributed by atoms with E-state index in [-0.39, 0.29) is 6.61 Å². The Balaban J connectivity index is 1.93. The highest BCUT2D eigenvalue weighted by molar-refractivity contribution is 5.35. The van der Waals surface area contributed by atoms with Crippen molar-refractivity contribution in [3.63, 3.8) is 0 Å². The summed E-state index contributed by atoms with van der Waals surface area (Å²) >= 11 is 0. The van der Waals surface area contributed by atoms with Crippen LogP contribution < -0.4 is 10.1 Å². The number of aromatic nitrogens is 2. The summed E-state index contributed by atoms with van der Waals surface area (Å²) in [5.74, 6) is 6.72. The van der Waals surface area contributed by atoms with Crippen molar-refractivity contribution in [3.05, 3.63) is 18.1 Å². The van der Waals surface area contributed by atoms with Crippen LogP contribution >= 0.6 is 0 Å². The molecule has 2 N–H and O–H groups in total. The van der Waals surface area contributed by atoms with Crippen molar-refractivity contribution in [2.75, 3.05) is 26.3 Å². The van der Waals surface area contributed by atoms with Gasteiger partial charge < -0.3 is 15.2 Å². The lowest BCUT2D eigenvalue weighted by Gasteiger charge is -2.22. The van der Waals surface area contributed by atoms with E-state index < -0.39 is 0 Å². The maximum Gasteiger partial charge on any atom is 0.248 e. The van der Waals surface area contributed by atoms with Crippen LogP contribution in [0.15, 0.2) is 12.4 Å². The first-order valence-electron chi connectivity index (χ1n) is 6.64. The monoisotopic (exact) mass is 261 g/mol. The molecule has 0 amide bonds. The van der Waals surface area contributed by atoms with Crippen LogP contribution in [-0.4, -0.2) is 41.4 Å². The van der Waals surface area contributed by atoms with Crippen molar-refractivity contribution in [1.29, 1.82) is 0 Å². The van der Waals surface area contributed by atoms with E-state index in [0.717, 1.165) is 13.1 Å². The molecule has 0 bridgehead atoms. The Kier molecular flexibility index (Phi) is 5.60.